The maximum absolute atomic E-state index is 14.4. The van der Waals surface area contributed by atoms with Crippen molar-refractivity contribution in [2.45, 2.75) is 38.0 Å². The topological polar surface area (TPSA) is 71.0 Å². The van der Waals surface area contributed by atoms with Gasteiger partial charge in [-0.3, -0.25) is 14.8 Å². The van der Waals surface area contributed by atoms with Crippen LogP contribution < -0.4 is 5.32 Å². The van der Waals surface area contributed by atoms with Crippen LogP contribution in [-0.4, -0.2) is 44.4 Å². The second-order valence-electron chi connectivity index (χ2n) is 8.79. The van der Waals surface area contributed by atoms with Gasteiger partial charge in [0, 0.05) is 31.2 Å². The number of aromatic nitrogens is 3. The molecule has 10 heteroatoms. The number of fused-ring (bicyclic) bond motifs is 2. The van der Waals surface area contributed by atoms with Crippen molar-refractivity contribution in [1.29, 1.82) is 0 Å². The SMILES string of the molecule is Cc1cnc(-c2ncccc2F)c(C(=O)N2C[C@@H]3C[C@@H](Nc4ccc(C(F)(F)F)cn4)[C@@H]2C3)c1. The molecule has 1 saturated heterocycles. The minimum Gasteiger partial charge on any atom is -0.365 e. The third-order valence-electron chi connectivity index (χ3n) is 6.40. The van der Waals surface area contributed by atoms with E-state index in [0.29, 0.717) is 12.4 Å². The first-order valence-electron chi connectivity index (χ1n) is 10.9. The Morgan fingerprint density at radius 2 is 1.91 bits per heavy atom. The Bertz CT molecular complexity index is 1230. The van der Waals surface area contributed by atoms with Gasteiger partial charge in [0.25, 0.3) is 5.91 Å². The molecule has 176 valence electrons. The number of nitrogens with zero attached hydrogens (tertiary/aromatic N) is 4. The van der Waals surface area contributed by atoms with E-state index in [0.717, 1.165) is 30.7 Å². The molecule has 0 aromatic carbocycles. The molecule has 2 bridgehead atoms. The molecule has 5 rings (SSSR count). The van der Waals surface area contributed by atoms with Crippen LogP contribution in [0.15, 0.2) is 48.9 Å². The van der Waals surface area contributed by atoms with Crippen molar-refractivity contribution in [3.05, 3.63) is 71.4 Å². The van der Waals surface area contributed by atoms with Crippen LogP contribution in [0, 0.1) is 18.7 Å². The molecule has 0 spiro atoms. The number of piperidine rings is 1. The van der Waals surface area contributed by atoms with Crippen LogP contribution in [0.4, 0.5) is 23.4 Å². The summed E-state index contributed by atoms with van der Waals surface area (Å²) in [6.07, 6.45) is 0.917. The van der Waals surface area contributed by atoms with Gasteiger partial charge in [0.05, 0.1) is 17.2 Å². The predicted molar refractivity (Wildman–Crippen MR) is 116 cm³/mol. The quantitative estimate of drug-likeness (QED) is 0.558. The molecule has 3 atom stereocenters. The number of amides is 1. The number of alkyl halides is 3. The molecule has 0 radical (unpaired) electrons. The summed E-state index contributed by atoms with van der Waals surface area (Å²) in [7, 11) is 0. The largest absolute Gasteiger partial charge is 0.417 e. The van der Waals surface area contributed by atoms with Gasteiger partial charge in [0.15, 0.2) is 5.82 Å². The van der Waals surface area contributed by atoms with E-state index in [4.69, 9.17) is 0 Å². The highest BCUT2D eigenvalue weighted by Gasteiger charge is 2.47. The molecule has 1 amide bonds. The van der Waals surface area contributed by atoms with E-state index in [1.807, 2.05) is 0 Å². The number of anilines is 1. The number of hydrogen-bond acceptors (Lipinski definition) is 5. The van der Waals surface area contributed by atoms with E-state index in [-0.39, 0.29) is 40.9 Å². The molecule has 3 aromatic rings. The van der Waals surface area contributed by atoms with Gasteiger partial charge in [-0.25, -0.2) is 9.37 Å². The minimum absolute atomic E-state index is 0.0128. The molecule has 2 fully saturated rings. The van der Waals surface area contributed by atoms with Crippen LogP contribution in [0.25, 0.3) is 11.4 Å². The van der Waals surface area contributed by atoms with Crippen molar-refractivity contribution in [3.8, 4) is 11.4 Å². The van der Waals surface area contributed by atoms with Gasteiger partial charge in [-0.1, -0.05) is 0 Å². The smallest absolute Gasteiger partial charge is 0.365 e. The standard InChI is InChI=1S/C24H21F4N5O/c1-13-7-16(21(31-10-13)22-17(25)3-2-6-29-22)23(34)33-12-14-8-18(19(33)9-14)32-20-5-4-15(11-30-20)24(26,27)28/h2-7,10-11,14,18-19H,8-9,12H2,1H3,(H,30,32)/t14-,18-,19+/m1/s1. The van der Waals surface area contributed by atoms with Gasteiger partial charge >= 0.3 is 6.18 Å². The van der Waals surface area contributed by atoms with E-state index in [2.05, 4.69) is 20.3 Å². The van der Waals surface area contributed by atoms with Crippen molar-refractivity contribution in [2.75, 3.05) is 11.9 Å². The van der Waals surface area contributed by atoms with Crippen molar-refractivity contribution in [2.24, 2.45) is 5.92 Å². The summed E-state index contributed by atoms with van der Waals surface area (Å²) in [5.41, 5.74) is 0.418. The number of halogens is 4. The Labute approximate surface area is 193 Å². The number of likely N-dealkylation sites (tertiary alicyclic amines) is 1. The third-order valence-corrected chi connectivity index (χ3v) is 6.40. The number of aryl methyl sites for hydroxylation is 1. The fourth-order valence-corrected chi connectivity index (χ4v) is 4.89. The van der Waals surface area contributed by atoms with Gasteiger partial charge in [-0.15, -0.1) is 0 Å². The molecule has 1 aliphatic heterocycles. The zero-order valence-electron chi connectivity index (χ0n) is 18.2. The normalized spacial score (nSPS) is 21.7. The summed E-state index contributed by atoms with van der Waals surface area (Å²) in [5, 5.41) is 3.19. The van der Waals surface area contributed by atoms with E-state index in [1.54, 1.807) is 24.1 Å². The maximum atomic E-state index is 14.4. The van der Waals surface area contributed by atoms with E-state index < -0.39 is 17.6 Å². The summed E-state index contributed by atoms with van der Waals surface area (Å²) in [6, 6.07) is 6.39. The fraction of sp³-hybridized carbons (Fsp3) is 0.333. The zero-order valence-corrected chi connectivity index (χ0v) is 18.2. The summed E-state index contributed by atoms with van der Waals surface area (Å²) >= 11 is 0. The van der Waals surface area contributed by atoms with Crippen molar-refractivity contribution in [3.63, 3.8) is 0 Å². The first kappa shape index (κ1) is 22.2. The number of hydrogen-bond donors (Lipinski definition) is 1. The monoisotopic (exact) mass is 471 g/mol. The molecule has 6 nitrogen and oxygen atoms in total. The first-order valence-corrected chi connectivity index (χ1v) is 10.9. The highest BCUT2D eigenvalue weighted by atomic mass is 19.4. The summed E-state index contributed by atoms with van der Waals surface area (Å²) < 4.78 is 52.9. The number of rotatable bonds is 4. The Kier molecular flexibility index (Phi) is 5.45. The van der Waals surface area contributed by atoms with Gasteiger partial charge in [0.2, 0.25) is 0 Å². The summed E-state index contributed by atoms with van der Waals surface area (Å²) in [4.78, 5) is 27.7. The summed E-state index contributed by atoms with van der Waals surface area (Å²) in [5.74, 6) is -0.250. The molecule has 4 heterocycles. The van der Waals surface area contributed by atoms with E-state index in [9.17, 15) is 22.4 Å². The molecule has 3 aromatic heterocycles. The van der Waals surface area contributed by atoms with Crippen LogP contribution >= 0.6 is 0 Å². The number of carbonyl (C=O) groups is 1. The molecule has 1 aliphatic carbocycles. The average molecular weight is 471 g/mol. The number of nitrogens with one attached hydrogen (secondary N) is 1. The molecule has 0 unspecified atom stereocenters. The van der Waals surface area contributed by atoms with Crippen molar-refractivity contribution in [1.82, 2.24) is 19.9 Å². The molecule has 1 N–H and O–H groups in total. The number of pyridine rings is 3. The average Bonchev–Trinajstić information content (AvgIpc) is 3.40. The van der Waals surface area contributed by atoms with Crippen LogP contribution in [0.5, 0.6) is 0 Å². The highest BCUT2D eigenvalue weighted by molar-refractivity contribution is 6.00. The summed E-state index contributed by atoms with van der Waals surface area (Å²) in [6.45, 7) is 2.36. The van der Waals surface area contributed by atoms with Gasteiger partial charge in [-0.2, -0.15) is 13.2 Å². The van der Waals surface area contributed by atoms with Gasteiger partial charge in [0.1, 0.15) is 17.2 Å². The van der Waals surface area contributed by atoms with E-state index in [1.165, 1.54) is 24.4 Å². The minimum atomic E-state index is -4.45. The van der Waals surface area contributed by atoms with Crippen LogP contribution in [0.1, 0.15) is 34.3 Å². The predicted octanol–water partition coefficient (Wildman–Crippen LogP) is 4.72. The Morgan fingerprint density at radius 1 is 1.09 bits per heavy atom. The molecule has 1 saturated carbocycles. The lowest BCUT2D eigenvalue weighted by atomic mass is 10.0. The Hall–Kier alpha value is -3.56. The van der Waals surface area contributed by atoms with Crippen molar-refractivity contribution >= 4 is 11.7 Å². The van der Waals surface area contributed by atoms with Crippen LogP contribution in [0.2, 0.25) is 0 Å². The van der Waals surface area contributed by atoms with Gasteiger partial charge in [-0.05, 0) is 61.6 Å². The maximum Gasteiger partial charge on any atom is 0.417 e. The molecular formula is C24H21F4N5O. The van der Waals surface area contributed by atoms with Gasteiger partial charge < -0.3 is 10.2 Å². The zero-order chi connectivity index (χ0) is 24.0. The fourth-order valence-electron chi connectivity index (χ4n) is 4.89. The van der Waals surface area contributed by atoms with E-state index >= 15 is 0 Å². The molecule has 2 aliphatic rings. The van der Waals surface area contributed by atoms with Crippen molar-refractivity contribution < 1.29 is 22.4 Å². The van der Waals surface area contributed by atoms with Crippen LogP contribution in [-0.2, 0) is 6.18 Å². The highest BCUT2D eigenvalue weighted by Crippen LogP contribution is 2.40. The molecule has 34 heavy (non-hydrogen) atoms. The lowest BCUT2D eigenvalue weighted by Crippen LogP contribution is -2.48. The first-order chi connectivity index (χ1) is 16.2. The number of carbonyl (C=O) groups excluding carboxylic acids is 1. The Balaban J connectivity index is 1.39. The lowest BCUT2D eigenvalue weighted by Gasteiger charge is -2.34. The lowest BCUT2D eigenvalue weighted by molar-refractivity contribution is -0.137. The third kappa shape index (κ3) is 4.08. The molecular weight excluding hydrogens is 450 g/mol. The second-order valence-corrected chi connectivity index (χ2v) is 8.79. The second kappa shape index (κ2) is 8.34. The van der Waals surface area contributed by atoms with Crippen LogP contribution in [0.3, 0.4) is 0 Å². The Morgan fingerprint density at radius 3 is 2.59 bits per heavy atom.